The minimum atomic E-state index is -2.65. The molecule has 2 N–H and O–H groups in total. The Labute approximate surface area is 96.8 Å². The number of halogens is 2. The predicted octanol–water partition coefficient (Wildman–Crippen LogP) is 1.65. The van der Waals surface area contributed by atoms with Gasteiger partial charge in [0.2, 0.25) is 0 Å². The molecule has 1 aromatic rings. The van der Waals surface area contributed by atoms with E-state index in [1.807, 2.05) is 0 Å². The van der Waals surface area contributed by atoms with E-state index in [9.17, 15) is 8.78 Å². The molecule has 0 aliphatic heterocycles. The van der Waals surface area contributed by atoms with Crippen molar-refractivity contribution in [3.8, 4) is 0 Å². The third-order valence-electron chi connectivity index (χ3n) is 2.66. The average molecular weight is 246 g/mol. The highest BCUT2D eigenvalue weighted by molar-refractivity contribution is 7.80. The average Bonchev–Trinajstić information content (AvgIpc) is 2.92. The standard InChI is InChI=1S/C9H12F2N4S/c10-8(11)7-6(9(12)16)13-14-15(7)4-3-5-1-2-5/h5,8H,1-4H2,(H2,12,16). The SMILES string of the molecule is NC(=S)c1nnn(CCC2CC2)c1C(F)F. The molecule has 1 aromatic heterocycles. The van der Waals surface area contributed by atoms with Gasteiger partial charge in [0, 0.05) is 6.54 Å². The molecule has 1 heterocycles. The molecule has 0 radical (unpaired) electrons. The summed E-state index contributed by atoms with van der Waals surface area (Å²) in [6, 6.07) is 0. The van der Waals surface area contributed by atoms with E-state index in [0.29, 0.717) is 12.5 Å². The first kappa shape index (κ1) is 11.4. The van der Waals surface area contributed by atoms with Crippen molar-refractivity contribution in [3.05, 3.63) is 11.4 Å². The van der Waals surface area contributed by atoms with Gasteiger partial charge in [-0.05, 0) is 12.3 Å². The molecule has 2 rings (SSSR count). The first-order chi connectivity index (χ1) is 7.59. The van der Waals surface area contributed by atoms with Gasteiger partial charge in [-0.2, -0.15) is 0 Å². The van der Waals surface area contributed by atoms with Crippen LogP contribution in [0.5, 0.6) is 0 Å². The summed E-state index contributed by atoms with van der Waals surface area (Å²) in [6.07, 6.45) is 0.576. The van der Waals surface area contributed by atoms with Crippen molar-refractivity contribution in [2.24, 2.45) is 11.7 Å². The normalized spacial score (nSPS) is 15.7. The van der Waals surface area contributed by atoms with Crippen molar-refractivity contribution in [3.63, 3.8) is 0 Å². The molecule has 88 valence electrons. The molecule has 0 unspecified atom stereocenters. The zero-order chi connectivity index (χ0) is 11.7. The molecule has 0 aromatic carbocycles. The second-order valence-electron chi connectivity index (χ2n) is 3.94. The molecule has 0 amide bonds. The van der Waals surface area contributed by atoms with Gasteiger partial charge < -0.3 is 5.73 Å². The molecule has 0 saturated heterocycles. The van der Waals surface area contributed by atoms with E-state index in [2.05, 4.69) is 22.5 Å². The van der Waals surface area contributed by atoms with Crippen molar-refractivity contribution in [2.75, 3.05) is 0 Å². The van der Waals surface area contributed by atoms with Crippen LogP contribution >= 0.6 is 12.2 Å². The fraction of sp³-hybridized carbons (Fsp3) is 0.667. The molecule has 1 aliphatic rings. The monoisotopic (exact) mass is 246 g/mol. The summed E-state index contributed by atoms with van der Waals surface area (Å²) in [5, 5.41) is 7.28. The number of aryl methyl sites for hydroxylation is 1. The fourth-order valence-corrected chi connectivity index (χ4v) is 1.73. The van der Waals surface area contributed by atoms with Crippen molar-refractivity contribution >= 4 is 17.2 Å². The predicted molar refractivity (Wildman–Crippen MR) is 58.2 cm³/mol. The second-order valence-corrected chi connectivity index (χ2v) is 4.38. The van der Waals surface area contributed by atoms with Gasteiger partial charge in [-0.3, -0.25) is 0 Å². The molecule has 0 bridgehead atoms. The molecule has 7 heteroatoms. The zero-order valence-electron chi connectivity index (χ0n) is 8.57. The van der Waals surface area contributed by atoms with Crippen LogP contribution in [-0.4, -0.2) is 20.0 Å². The van der Waals surface area contributed by atoms with E-state index in [1.165, 1.54) is 17.5 Å². The van der Waals surface area contributed by atoms with Gasteiger partial charge in [0.1, 0.15) is 16.4 Å². The lowest BCUT2D eigenvalue weighted by molar-refractivity contribution is 0.138. The van der Waals surface area contributed by atoms with E-state index in [0.717, 1.165) is 6.42 Å². The van der Waals surface area contributed by atoms with Gasteiger partial charge in [-0.15, -0.1) is 5.10 Å². The Morgan fingerprint density at radius 3 is 2.75 bits per heavy atom. The summed E-state index contributed by atoms with van der Waals surface area (Å²) in [6.45, 7) is 0.458. The molecule has 0 spiro atoms. The Morgan fingerprint density at radius 1 is 1.56 bits per heavy atom. The highest BCUT2D eigenvalue weighted by atomic mass is 32.1. The van der Waals surface area contributed by atoms with E-state index in [1.54, 1.807) is 0 Å². The Bertz CT molecular complexity index is 400. The zero-order valence-corrected chi connectivity index (χ0v) is 9.38. The number of aromatic nitrogens is 3. The fourth-order valence-electron chi connectivity index (χ4n) is 1.59. The van der Waals surface area contributed by atoms with E-state index < -0.39 is 6.43 Å². The van der Waals surface area contributed by atoms with Crippen LogP contribution in [0, 0.1) is 5.92 Å². The molecule has 1 saturated carbocycles. The van der Waals surface area contributed by atoms with Crippen LogP contribution < -0.4 is 5.73 Å². The second kappa shape index (κ2) is 4.40. The van der Waals surface area contributed by atoms with E-state index in [-0.39, 0.29) is 16.4 Å². The number of nitrogens with two attached hydrogens (primary N) is 1. The highest BCUT2D eigenvalue weighted by Gasteiger charge is 2.26. The summed E-state index contributed by atoms with van der Waals surface area (Å²) in [7, 11) is 0. The van der Waals surface area contributed by atoms with Gasteiger partial charge in [0.25, 0.3) is 6.43 Å². The Kier molecular flexibility index (Phi) is 3.13. The molecule has 1 fully saturated rings. The lowest BCUT2D eigenvalue weighted by atomic mass is 10.2. The third-order valence-corrected chi connectivity index (χ3v) is 2.85. The molecular weight excluding hydrogens is 234 g/mol. The topological polar surface area (TPSA) is 56.7 Å². The number of alkyl halides is 2. The van der Waals surface area contributed by atoms with E-state index in [4.69, 9.17) is 5.73 Å². The molecule has 4 nitrogen and oxygen atoms in total. The van der Waals surface area contributed by atoms with Crippen LogP contribution in [-0.2, 0) is 6.54 Å². The molecule has 0 atom stereocenters. The van der Waals surface area contributed by atoms with Crippen LogP contribution in [0.2, 0.25) is 0 Å². The number of nitrogens with zero attached hydrogens (tertiary/aromatic N) is 3. The number of hydrogen-bond donors (Lipinski definition) is 1. The maximum atomic E-state index is 12.8. The van der Waals surface area contributed by atoms with E-state index >= 15 is 0 Å². The Hall–Kier alpha value is -1.11. The van der Waals surface area contributed by atoms with Gasteiger partial charge in [0.15, 0.2) is 0 Å². The lowest BCUT2D eigenvalue weighted by Gasteiger charge is -2.05. The summed E-state index contributed by atoms with van der Waals surface area (Å²) in [5.41, 5.74) is 5.01. The van der Waals surface area contributed by atoms with Gasteiger partial charge in [-0.1, -0.05) is 30.3 Å². The van der Waals surface area contributed by atoms with Crippen LogP contribution in [0.3, 0.4) is 0 Å². The van der Waals surface area contributed by atoms with Gasteiger partial charge in [0.05, 0.1) is 0 Å². The summed E-state index contributed by atoms with van der Waals surface area (Å²) in [5.74, 6) is 0.656. The summed E-state index contributed by atoms with van der Waals surface area (Å²) < 4.78 is 26.8. The number of thiocarbonyl (C=S) groups is 1. The summed E-state index contributed by atoms with van der Waals surface area (Å²) in [4.78, 5) is -0.132. The minimum Gasteiger partial charge on any atom is -0.388 e. The maximum absolute atomic E-state index is 12.8. The quantitative estimate of drug-likeness (QED) is 0.803. The van der Waals surface area contributed by atoms with Crippen molar-refractivity contribution in [2.45, 2.75) is 32.2 Å². The van der Waals surface area contributed by atoms with Crippen molar-refractivity contribution in [1.29, 1.82) is 0 Å². The van der Waals surface area contributed by atoms with Gasteiger partial charge >= 0.3 is 0 Å². The molecule has 1 aliphatic carbocycles. The minimum absolute atomic E-state index is 0.0548. The number of hydrogen-bond acceptors (Lipinski definition) is 3. The Balaban J connectivity index is 2.18. The van der Waals surface area contributed by atoms with Crippen LogP contribution in [0.1, 0.15) is 37.1 Å². The molecular formula is C9H12F2N4S. The van der Waals surface area contributed by atoms with Crippen LogP contribution in [0.4, 0.5) is 8.78 Å². The maximum Gasteiger partial charge on any atom is 0.282 e. The van der Waals surface area contributed by atoms with Crippen LogP contribution in [0.25, 0.3) is 0 Å². The molecule has 16 heavy (non-hydrogen) atoms. The lowest BCUT2D eigenvalue weighted by Crippen LogP contribution is -2.14. The van der Waals surface area contributed by atoms with Crippen molar-refractivity contribution in [1.82, 2.24) is 15.0 Å². The first-order valence-corrected chi connectivity index (χ1v) is 5.51. The van der Waals surface area contributed by atoms with Crippen molar-refractivity contribution < 1.29 is 8.78 Å². The smallest absolute Gasteiger partial charge is 0.282 e. The van der Waals surface area contributed by atoms with Gasteiger partial charge in [-0.25, -0.2) is 13.5 Å². The largest absolute Gasteiger partial charge is 0.388 e. The summed E-state index contributed by atoms with van der Waals surface area (Å²) >= 11 is 4.66. The highest BCUT2D eigenvalue weighted by Crippen LogP contribution is 2.33. The number of rotatable bonds is 5. The van der Waals surface area contributed by atoms with Crippen LogP contribution in [0.15, 0.2) is 0 Å². The third kappa shape index (κ3) is 2.34. The Morgan fingerprint density at radius 2 is 2.25 bits per heavy atom. The first-order valence-electron chi connectivity index (χ1n) is 5.11.